The van der Waals surface area contributed by atoms with Crippen molar-refractivity contribution in [3.8, 4) is 0 Å². The van der Waals surface area contributed by atoms with Crippen LogP contribution in [0.1, 0.15) is 25.1 Å². The van der Waals surface area contributed by atoms with Crippen molar-refractivity contribution in [1.29, 1.82) is 0 Å². The standard InChI is InChI=1S/C21H18FN3O2S/c1-3-16(20(26)23-15-10-6-5-9-14(15)22)25-21(27)18-13-8-4-7-11-17(13)28-19(18)12(2)24-25/h4-11,16H,3H2,1-2H3,(H,23,26)/t16-/m1/s1. The first-order valence-electron chi connectivity index (χ1n) is 8.97. The Labute approximate surface area is 164 Å². The lowest BCUT2D eigenvalue weighted by atomic mass is 10.1. The summed E-state index contributed by atoms with van der Waals surface area (Å²) in [5.41, 5.74) is 0.458. The molecule has 0 saturated carbocycles. The average Bonchev–Trinajstić information content (AvgIpc) is 3.08. The Morgan fingerprint density at radius 3 is 2.68 bits per heavy atom. The third-order valence-corrected chi connectivity index (χ3v) is 6.00. The van der Waals surface area contributed by atoms with Crippen LogP contribution in [0.15, 0.2) is 53.3 Å². The van der Waals surface area contributed by atoms with Crippen LogP contribution in [0.3, 0.4) is 0 Å². The Morgan fingerprint density at radius 1 is 1.21 bits per heavy atom. The van der Waals surface area contributed by atoms with Crippen LogP contribution in [-0.2, 0) is 4.79 Å². The first-order chi connectivity index (χ1) is 13.5. The molecule has 4 aromatic rings. The predicted octanol–water partition coefficient (Wildman–Crippen LogP) is 4.65. The molecule has 1 N–H and O–H groups in total. The Balaban J connectivity index is 1.83. The lowest BCUT2D eigenvalue weighted by Gasteiger charge is -2.18. The highest BCUT2D eigenvalue weighted by atomic mass is 32.1. The van der Waals surface area contributed by atoms with Crippen LogP contribution >= 0.6 is 11.3 Å². The van der Waals surface area contributed by atoms with E-state index in [1.54, 1.807) is 19.1 Å². The van der Waals surface area contributed by atoms with Gasteiger partial charge in [0.15, 0.2) is 0 Å². The number of hydrogen-bond acceptors (Lipinski definition) is 4. The fourth-order valence-electron chi connectivity index (χ4n) is 3.34. The third kappa shape index (κ3) is 2.97. The van der Waals surface area contributed by atoms with Gasteiger partial charge < -0.3 is 5.32 Å². The van der Waals surface area contributed by atoms with Gasteiger partial charge in [-0.15, -0.1) is 11.3 Å². The predicted molar refractivity (Wildman–Crippen MR) is 110 cm³/mol. The molecular formula is C21H18FN3O2S. The lowest BCUT2D eigenvalue weighted by Crippen LogP contribution is -2.35. The number of carbonyl (C=O) groups is 1. The molecule has 5 nitrogen and oxygen atoms in total. The number of halogens is 1. The number of anilines is 1. The topological polar surface area (TPSA) is 64.0 Å². The molecule has 2 aromatic carbocycles. The number of rotatable bonds is 4. The third-order valence-electron chi connectivity index (χ3n) is 4.72. The second kappa shape index (κ2) is 7.16. The quantitative estimate of drug-likeness (QED) is 0.547. The molecule has 0 spiro atoms. The molecule has 0 fully saturated rings. The van der Waals surface area contributed by atoms with Crippen LogP contribution in [0.5, 0.6) is 0 Å². The van der Waals surface area contributed by atoms with E-state index < -0.39 is 17.8 Å². The SMILES string of the molecule is CC[C@H](C(=O)Nc1ccccc1F)n1nc(C)c2sc3ccccc3c2c1=O. The maximum absolute atomic E-state index is 13.9. The zero-order valence-electron chi connectivity index (χ0n) is 15.4. The molecule has 0 aliphatic heterocycles. The summed E-state index contributed by atoms with van der Waals surface area (Å²) in [6, 6.07) is 12.8. The summed E-state index contributed by atoms with van der Waals surface area (Å²) >= 11 is 1.52. The fourth-order valence-corrected chi connectivity index (χ4v) is 4.47. The molecular weight excluding hydrogens is 377 g/mol. The number of amides is 1. The van der Waals surface area contributed by atoms with Gasteiger partial charge in [-0.05, 0) is 31.5 Å². The van der Waals surface area contributed by atoms with Gasteiger partial charge in [0.2, 0.25) is 5.91 Å². The monoisotopic (exact) mass is 395 g/mol. The summed E-state index contributed by atoms with van der Waals surface area (Å²) in [6.07, 6.45) is 0.347. The van der Waals surface area contributed by atoms with Crippen LogP contribution in [0.4, 0.5) is 10.1 Å². The van der Waals surface area contributed by atoms with Crippen LogP contribution in [0.25, 0.3) is 20.2 Å². The molecule has 0 unspecified atom stereocenters. The van der Waals surface area contributed by atoms with Crippen molar-refractivity contribution < 1.29 is 9.18 Å². The Bertz CT molecular complexity index is 1260. The summed E-state index contributed by atoms with van der Waals surface area (Å²) in [6.45, 7) is 3.63. The van der Waals surface area contributed by atoms with Crippen molar-refractivity contribution in [2.45, 2.75) is 26.3 Å². The highest BCUT2D eigenvalue weighted by molar-refractivity contribution is 7.26. The van der Waals surface area contributed by atoms with E-state index >= 15 is 0 Å². The summed E-state index contributed by atoms with van der Waals surface area (Å²) in [5, 5.41) is 8.42. The van der Waals surface area contributed by atoms with Crippen molar-refractivity contribution in [3.63, 3.8) is 0 Å². The first kappa shape index (κ1) is 18.3. The van der Waals surface area contributed by atoms with E-state index in [1.807, 2.05) is 31.2 Å². The molecule has 28 heavy (non-hydrogen) atoms. The molecule has 0 aliphatic rings. The van der Waals surface area contributed by atoms with Crippen LogP contribution < -0.4 is 10.9 Å². The van der Waals surface area contributed by atoms with E-state index in [9.17, 15) is 14.0 Å². The Hall–Kier alpha value is -3.06. The number of nitrogens with zero attached hydrogens (tertiary/aromatic N) is 2. The van der Waals surface area contributed by atoms with Crippen LogP contribution in [-0.4, -0.2) is 15.7 Å². The normalized spacial score (nSPS) is 12.4. The van der Waals surface area contributed by atoms with Gasteiger partial charge in [-0.25, -0.2) is 9.07 Å². The molecule has 7 heteroatoms. The van der Waals surface area contributed by atoms with Gasteiger partial charge in [0.1, 0.15) is 11.9 Å². The molecule has 0 bridgehead atoms. The highest BCUT2D eigenvalue weighted by Crippen LogP contribution is 2.33. The smallest absolute Gasteiger partial charge is 0.276 e. The van der Waals surface area contributed by atoms with Crippen molar-refractivity contribution in [2.24, 2.45) is 0 Å². The molecule has 4 rings (SSSR count). The van der Waals surface area contributed by atoms with Gasteiger partial charge >= 0.3 is 0 Å². The minimum Gasteiger partial charge on any atom is -0.322 e. The first-order valence-corrected chi connectivity index (χ1v) is 9.79. The average molecular weight is 395 g/mol. The van der Waals surface area contributed by atoms with E-state index in [1.165, 1.54) is 28.2 Å². The van der Waals surface area contributed by atoms with Crippen molar-refractivity contribution >= 4 is 43.1 Å². The van der Waals surface area contributed by atoms with Gasteiger partial charge in [-0.2, -0.15) is 5.10 Å². The summed E-state index contributed by atoms with van der Waals surface area (Å²) in [5.74, 6) is -0.998. The number of hydrogen-bond donors (Lipinski definition) is 1. The van der Waals surface area contributed by atoms with E-state index in [2.05, 4.69) is 10.4 Å². The van der Waals surface area contributed by atoms with Gasteiger partial charge in [0, 0.05) is 10.1 Å². The van der Waals surface area contributed by atoms with E-state index in [0.717, 1.165) is 14.8 Å². The number of aryl methyl sites for hydroxylation is 1. The van der Waals surface area contributed by atoms with E-state index in [0.29, 0.717) is 17.5 Å². The van der Waals surface area contributed by atoms with Crippen molar-refractivity contribution in [1.82, 2.24) is 9.78 Å². The van der Waals surface area contributed by atoms with Crippen LogP contribution in [0.2, 0.25) is 0 Å². The molecule has 2 aromatic heterocycles. The minimum atomic E-state index is -0.839. The Kier molecular flexibility index (Phi) is 4.68. The fraction of sp³-hybridized carbons (Fsp3) is 0.190. The zero-order valence-corrected chi connectivity index (χ0v) is 16.2. The number of benzene rings is 2. The van der Waals surface area contributed by atoms with Gasteiger partial charge in [-0.3, -0.25) is 9.59 Å². The van der Waals surface area contributed by atoms with Crippen molar-refractivity contribution in [3.05, 3.63) is 70.4 Å². The molecule has 2 heterocycles. The van der Waals surface area contributed by atoms with Crippen LogP contribution in [0, 0.1) is 12.7 Å². The van der Waals surface area contributed by atoms with Crippen molar-refractivity contribution in [2.75, 3.05) is 5.32 Å². The zero-order chi connectivity index (χ0) is 19.8. The number of fused-ring (bicyclic) bond motifs is 3. The molecule has 0 radical (unpaired) electrons. The second-order valence-electron chi connectivity index (χ2n) is 6.53. The Morgan fingerprint density at radius 2 is 1.93 bits per heavy atom. The number of para-hydroxylation sites is 1. The summed E-state index contributed by atoms with van der Waals surface area (Å²) < 4.78 is 17.0. The van der Waals surface area contributed by atoms with E-state index in [4.69, 9.17) is 0 Å². The second-order valence-corrected chi connectivity index (χ2v) is 7.58. The highest BCUT2D eigenvalue weighted by Gasteiger charge is 2.24. The van der Waals surface area contributed by atoms with E-state index in [-0.39, 0.29) is 11.2 Å². The molecule has 142 valence electrons. The molecule has 1 atom stereocenters. The maximum atomic E-state index is 13.9. The number of nitrogens with one attached hydrogen (secondary N) is 1. The molecule has 0 aliphatic carbocycles. The number of thiophene rings is 1. The number of carbonyl (C=O) groups excluding carboxylic acids is 1. The summed E-state index contributed by atoms with van der Waals surface area (Å²) in [7, 11) is 0. The van der Waals surface area contributed by atoms with Gasteiger partial charge in [0.05, 0.1) is 21.5 Å². The number of aromatic nitrogens is 2. The molecule has 0 saturated heterocycles. The van der Waals surface area contributed by atoms with Gasteiger partial charge in [-0.1, -0.05) is 37.3 Å². The minimum absolute atomic E-state index is 0.0813. The largest absolute Gasteiger partial charge is 0.322 e. The lowest BCUT2D eigenvalue weighted by molar-refractivity contribution is -0.119. The summed E-state index contributed by atoms with van der Waals surface area (Å²) in [4.78, 5) is 26.1. The maximum Gasteiger partial charge on any atom is 0.276 e. The van der Waals surface area contributed by atoms with Gasteiger partial charge in [0.25, 0.3) is 5.56 Å². The molecule has 1 amide bonds.